The number of hydrogen-bond donors (Lipinski definition) is 1. The summed E-state index contributed by atoms with van der Waals surface area (Å²) in [5.41, 5.74) is 2.68. The fourth-order valence-corrected chi connectivity index (χ4v) is 2.81. The summed E-state index contributed by atoms with van der Waals surface area (Å²) in [7, 11) is 1.78. The molecule has 1 aliphatic carbocycles. The minimum Gasteiger partial charge on any atom is -0.376 e. The molecule has 26 heavy (non-hydrogen) atoms. The number of carbonyl (C=O) groups excluding carboxylic acids is 1. The number of nitrogens with zero attached hydrogens (tertiary/aromatic N) is 5. The van der Waals surface area contributed by atoms with E-state index < -0.39 is 0 Å². The van der Waals surface area contributed by atoms with Gasteiger partial charge in [0, 0.05) is 24.0 Å². The third-order valence-electron chi connectivity index (χ3n) is 4.47. The number of rotatable bonds is 6. The van der Waals surface area contributed by atoms with E-state index in [0.717, 1.165) is 35.6 Å². The Morgan fingerprint density at radius 1 is 1.19 bits per heavy atom. The smallest absolute Gasteiger partial charge is 0.246 e. The van der Waals surface area contributed by atoms with E-state index in [4.69, 9.17) is 0 Å². The summed E-state index contributed by atoms with van der Waals surface area (Å²) in [4.78, 5) is 14.1. The fourth-order valence-electron chi connectivity index (χ4n) is 2.81. The van der Waals surface area contributed by atoms with Crippen LogP contribution >= 0.6 is 0 Å². The van der Waals surface area contributed by atoms with Crippen molar-refractivity contribution in [1.82, 2.24) is 20.2 Å². The number of hydrogen-bond acceptors (Lipinski definition) is 5. The molecule has 1 heterocycles. The molecular formula is C19H20N6O. The Bertz CT molecular complexity index is 903. The number of likely N-dealkylation sites (N-methyl/N-ethyl adjacent to an activating group) is 1. The third kappa shape index (κ3) is 3.42. The summed E-state index contributed by atoms with van der Waals surface area (Å²) in [5.74, 6) is 0.758. The zero-order valence-electron chi connectivity index (χ0n) is 14.5. The molecule has 1 aromatic heterocycles. The molecule has 0 bridgehead atoms. The van der Waals surface area contributed by atoms with Gasteiger partial charge in [-0.1, -0.05) is 30.3 Å². The summed E-state index contributed by atoms with van der Waals surface area (Å²) >= 11 is 0. The van der Waals surface area contributed by atoms with Crippen molar-refractivity contribution in [3.8, 4) is 11.4 Å². The molecule has 4 rings (SSSR count). The van der Waals surface area contributed by atoms with Gasteiger partial charge in [-0.3, -0.25) is 4.79 Å². The lowest BCUT2D eigenvalue weighted by Gasteiger charge is -2.18. The summed E-state index contributed by atoms with van der Waals surface area (Å²) in [6.07, 6.45) is 2.24. The van der Waals surface area contributed by atoms with Gasteiger partial charge in [0.15, 0.2) is 5.82 Å². The maximum absolute atomic E-state index is 12.4. The van der Waals surface area contributed by atoms with Crippen LogP contribution in [0, 0.1) is 0 Å². The predicted octanol–water partition coefficient (Wildman–Crippen LogP) is 2.75. The molecule has 0 radical (unpaired) electrons. The second-order valence-corrected chi connectivity index (χ2v) is 6.40. The lowest BCUT2D eigenvalue weighted by Crippen LogP contribution is -2.32. The number of aromatic nitrogens is 4. The van der Waals surface area contributed by atoms with Gasteiger partial charge in [0.2, 0.25) is 5.91 Å². The number of nitrogens with one attached hydrogen (secondary N) is 1. The summed E-state index contributed by atoms with van der Waals surface area (Å²) in [6, 6.07) is 17.8. The molecule has 0 atom stereocenters. The topological polar surface area (TPSA) is 75.9 Å². The van der Waals surface area contributed by atoms with Crippen molar-refractivity contribution in [2.75, 3.05) is 23.8 Å². The molecule has 1 N–H and O–H groups in total. The Labute approximate surface area is 151 Å². The van der Waals surface area contributed by atoms with Crippen molar-refractivity contribution in [3.63, 3.8) is 0 Å². The van der Waals surface area contributed by atoms with Crippen LogP contribution in [-0.2, 0) is 4.79 Å². The van der Waals surface area contributed by atoms with Gasteiger partial charge in [0.1, 0.15) is 0 Å². The first-order valence-electron chi connectivity index (χ1n) is 8.66. The molecule has 2 aromatic carbocycles. The van der Waals surface area contributed by atoms with E-state index in [-0.39, 0.29) is 12.5 Å². The SMILES string of the molecule is CN(C(=O)CNc1cccc(-c2nnnn2C2CC2)c1)c1ccccc1. The van der Waals surface area contributed by atoms with Crippen molar-refractivity contribution in [3.05, 3.63) is 54.6 Å². The molecule has 1 amide bonds. The molecule has 0 unspecified atom stereocenters. The van der Waals surface area contributed by atoms with E-state index in [1.807, 2.05) is 59.3 Å². The number of anilines is 2. The van der Waals surface area contributed by atoms with Crippen LogP contribution in [0.3, 0.4) is 0 Å². The third-order valence-corrected chi connectivity index (χ3v) is 4.47. The largest absolute Gasteiger partial charge is 0.376 e. The lowest BCUT2D eigenvalue weighted by molar-refractivity contribution is -0.116. The zero-order valence-corrected chi connectivity index (χ0v) is 14.5. The molecule has 0 saturated heterocycles. The number of benzene rings is 2. The Kier molecular flexibility index (Phi) is 4.35. The molecule has 7 heteroatoms. The monoisotopic (exact) mass is 348 g/mol. The average Bonchev–Trinajstić information content (AvgIpc) is 3.42. The first kappa shape index (κ1) is 16.3. The number of para-hydroxylation sites is 1. The molecule has 132 valence electrons. The number of carbonyl (C=O) groups is 1. The first-order valence-corrected chi connectivity index (χ1v) is 8.66. The Hall–Kier alpha value is -3.22. The van der Waals surface area contributed by atoms with Gasteiger partial charge in [0.05, 0.1) is 12.6 Å². The molecule has 1 aliphatic rings. The highest BCUT2D eigenvalue weighted by Crippen LogP contribution is 2.36. The lowest BCUT2D eigenvalue weighted by atomic mass is 10.2. The van der Waals surface area contributed by atoms with Gasteiger partial charge in [0.25, 0.3) is 0 Å². The van der Waals surface area contributed by atoms with Crippen molar-refractivity contribution < 1.29 is 4.79 Å². The van der Waals surface area contributed by atoms with Gasteiger partial charge in [-0.25, -0.2) is 4.68 Å². The Morgan fingerprint density at radius 3 is 2.77 bits per heavy atom. The predicted molar refractivity (Wildman–Crippen MR) is 99.9 cm³/mol. The van der Waals surface area contributed by atoms with Gasteiger partial charge >= 0.3 is 0 Å². The minimum atomic E-state index is -0.00980. The highest BCUT2D eigenvalue weighted by molar-refractivity contribution is 5.95. The second-order valence-electron chi connectivity index (χ2n) is 6.40. The van der Waals surface area contributed by atoms with Gasteiger partial charge in [-0.05, 0) is 47.5 Å². The van der Waals surface area contributed by atoms with Gasteiger partial charge < -0.3 is 10.2 Å². The van der Waals surface area contributed by atoms with Crippen molar-refractivity contribution in [2.24, 2.45) is 0 Å². The zero-order chi connectivity index (χ0) is 17.9. The van der Waals surface area contributed by atoms with Crippen LogP contribution in [0.2, 0.25) is 0 Å². The molecule has 3 aromatic rings. The second kappa shape index (κ2) is 6.95. The molecule has 0 aliphatic heterocycles. The fraction of sp³-hybridized carbons (Fsp3) is 0.263. The maximum Gasteiger partial charge on any atom is 0.246 e. The van der Waals surface area contributed by atoms with Crippen LogP contribution in [0.15, 0.2) is 54.6 Å². The van der Waals surface area contributed by atoms with E-state index in [1.165, 1.54) is 0 Å². The quantitative estimate of drug-likeness (QED) is 0.741. The summed E-state index contributed by atoms with van der Waals surface area (Å²) < 4.78 is 1.88. The van der Waals surface area contributed by atoms with E-state index in [0.29, 0.717) is 6.04 Å². The van der Waals surface area contributed by atoms with E-state index in [2.05, 4.69) is 20.8 Å². The van der Waals surface area contributed by atoms with Crippen LogP contribution in [-0.4, -0.2) is 39.7 Å². The first-order chi connectivity index (χ1) is 12.7. The normalized spacial score (nSPS) is 13.4. The minimum absolute atomic E-state index is 0.00980. The van der Waals surface area contributed by atoms with E-state index in [9.17, 15) is 4.79 Å². The van der Waals surface area contributed by atoms with E-state index >= 15 is 0 Å². The molecule has 0 spiro atoms. The Balaban J connectivity index is 1.44. The standard InChI is InChI=1S/C19H20N6O/c1-24(16-8-3-2-4-9-16)18(26)13-20-15-7-5-6-14(12-15)19-21-22-23-25(19)17-10-11-17/h2-9,12,17,20H,10-11,13H2,1H3. The molecule has 1 saturated carbocycles. The highest BCUT2D eigenvalue weighted by Gasteiger charge is 2.28. The maximum atomic E-state index is 12.4. The summed E-state index contributed by atoms with van der Waals surface area (Å²) in [6.45, 7) is 0.211. The van der Waals surface area contributed by atoms with Crippen LogP contribution in [0.4, 0.5) is 11.4 Å². The van der Waals surface area contributed by atoms with Gasteiger partial charge in [-0.15, -0.1) is 5.10 Å². The van der Waals surface area contributed by atoms with E-state index in [1.54, 1.807) is 11.9 Å². The van der Waals surface area contributed by atoms with Crippen molar-refractivity contribution in [1.29, 1.82) is 0 Å². The Morgan fingerprint density at radius 2 is 2.00 bits per heavy atom. The summed E-state index contributed by atoms with van der Waals surface area (Å²) in [5, 5.41) is 15.2. The molecular weight excluding hydrogens is 328 g/mol. The van der Waals surface area contributed by atoms with Crippen LogP contribution in [0.25, 0.3) is 11.4 Å². The van der Waals surface area contributed by atoms with Crippen LogP contribution in [0.5, 0.6) is 0 Å². The van der Waals surface area contributed by atoms with Gasteiger partial charge in [-0.2, -0.15) is 0 Å². The van der Waals surface area contributed by atoms with Crippen molar-refractivity contribution in [2.45, 2.75) is 18.9 Å². The molecule has 7 nitrogen and oxygen atoms in total. The number of amides is 1. The highest BCUT2D eigenvalue weighted by atomic mass is 16.2. The van der Waals surface area contributed by atoms with Crippen molar-refractivity contribution >= 4 is 17.3 Å². The van der Waals surface area contributed by atoms with Crippen LogP contribution in [0.1, 0.15) is 18.9 Å². The number of tetrazole rings is 1. The van der Waals surface area contributed by atoms with Crippen LogP contribution < -0.4 is 10.2 Å². The molecule has 1 fully saturated rings. The average molecular weight is 348 g/mol.